The maximum atomic E-state index is 6.07. The van der Waals surface area contributed by atoms with Gasteiger partial charge in [-0.05, 0) is 25.1 Å². The number of ether oxygens (including phenoxy) is 1. The number of hydrogen-bond acceptors (Lipinski definition) is 5. The van der Waals surface area contributed by atoms with E-state index in [9.17, 15) is 0 Å². The molecule has 0 atom stereocenters. The number of benzene rings is 1. The SMILES string of the molecule is CCNc1nc(-c2cc(OC)cs2)nc2ccc(Cl)cc12. The van der Waals surface area contributed by atoms with Crippen LogP contribution in [0.5, 0.6) is 5.75 Å². The van der Waals surface area contributed by atoms with Crippen LogP contribution in [0, 0.1) is 0 Å². The normalized spacial score (nSPS) is 10.8. The molecule has 1 aromatic carbocycles. The predicted octanol–water partition coefficient (Wildman–Crippen LogP) is 4.45. The Kier molecular flexibility index (Phi) is 3.94. The molecule has 1 N–H and O–H groups in total. The highest BCUT2D eigenvalue weighted by atomic mass is 35.5. The van der Waals surface area contributed by atoms with Crippen LogP contribution in [-0.4, -0.2) is 23.6 Å². The zero-order valence-electron chi connectivity index (χ0n) is 11.7. The van der Waals surface area contributed by atoms with E-state index in [-0.39, 0.29) is 0 Å². The van der Waals surface area contributed by atoms with Gasteiger partial charge < -0.3 is 10.1 Å². The number of methoxy groups -OCH3 is 1. The van der Waals surface area contributed by atoms with Gasteiger partial charge >= 0.3 is 0 Å². The lowest BCUT2D eigenvalue weighted by Gasteiger charge is -2.09. The maximum absolute atomic E-state index is 6.07. The van der Waals surface area contributed by atoms with Crippen molar-refractivity contribution < 1.29 is 4.74 Å². The van der Waals surface area contributed by atoms with Crippen LogP contribution in [0.2, 0.25) is 5.02 Å². The second kappa shape index (κ2) is 5.87. The lowest BCUT2D eigenvalue weighted by Crippen LogP contribution is -2.02. The van der Waals surface area contributed by atoms with E-state index in [1.54, 1.807) is 18.4 Å². The van der Waals surface area contributed by atoms with Crippen molar-refractivity contribution in [2.45, 2.75) is 6.92 Å². The first kappa shape index (κ1) is 14.1. The van der Waals surface area contributed by atoms with E-state index >= 15 is 0 Å². The number of fused-ring (bicyclic) bond motifs is 1. The molecule has 2 aromatic heterocycles. The Balaban J connectivity index is 2.17. The van der Waals surface area contributed by atoms with Crippen molar-refractivity contribution in [1.29, 1.82) is 0 Å². The lowest BCUT2D eigenvalue weighted by atomic mass is 10.2. The standard InChI is InChI=1S/C15H14ClN3OS/c1-3-17-14-11-6-9(16)4-5-12(11)18-15(19-14)13-7-10(20-2)8-21-13/h4-8H,3H2,1-2H3,(H,17,18,19). The summed E-state index contributed by atoms with van der Waals surface area (Å²) in [5.74, 6) is 2.31. The van der Waals surface area contributed by atoms with Gasteiger partial charge in [0.25, 0.3) is 0 Å². The molecule has 0 saturated heterocycles. The van der Waals surface area contributed by atoms with Crippen molar-refractivity contribution in [2.24, 2.45) is 0 Å². The fourth-order valence-electron chi connectivity index (χ4n) is 2.06. The van der Waals surface area contributed by atoms with Crippen LogP contribution >= 0.6 is 22.9 Å². The van der Waals surface area contributed by atoms with Gasteiger partial charge in [0.1, 0.15) is 11.6 Å². The summed E-state index contributed by atoms with van der Waals surface area (Å²) < 4.78 is 5.22. The quantitative estimate of drug-likeness (QED) is 0.771. The van der Waals surface area contributed by atoms with Gasteiger partial charge in [-0.3, -0.25) is 0 Å². The number of aromatic nitrogens is 2. The molecule has 21 heavy (non-hydrogen) atoms. The Morgan fingerprint density at radius 3 is 2.86 bits per heavy atom. The Labute approximate surface area is 131 Å². The monoisotopic (exact) mass is 319 g/mol. The smallest absolute Gasteiger partial charge is 0.172 e. The van der Waals surface area contributed by atoms with Crippen LogP contribution < -0.4 is 10.1 Å². The zero-order chi connectivity index (χ0) is 14.8. The van der Waals surface area contributed by atoms with Crippen molar-refractivity contribution in [3.05, 3.63) is 34.7 Å². The molecule has 2 heterocycles. The molecule has 0 saturated carbocycles. The van der Waals surface area contributed by atoms with E-state index < -0.39 is 0 Å². The van der Waals surface area contributed by atoms with Gasteiger partial charge in [0.05, 0.1) is 17.5 Å². The van der Waals surface area contributed by atoms with Crippen molar-refractivity contribution >= 4 is 39.7 Å². The van der Waals surface area contributed by atoms with Crippen LogP contribution in [0.15, 0.2) is 29.6 Å². The van der Waals surface area contributed by atoms with E-state index in [0.717, 1.165) is 33.9 Å². The highest BCUT2D eigenvalue weighted by Gasteiger charge is 2.11. The molecule has 0 radical (unpaired) electrons. The number of halogens is 1. The van der Waals surface area contributed by atoms with Crippen molar-refractivity contribution in [2.75, 3.05) is 19.0 Å². The largest absolute Gasteiger partial charge is 0.496 e. The van der Waals surface area contributed by atoms with Crippen molar-refractivity contribution in [1.82, 2.24) is 9.97 Å². The Morgan fingerprint density at radius 2 is 2.14 bits per heavy atom. The first-order chi connectivity index (χ1) is 10.2. The summed E-state index contributed by atoms with van der Waals surface area (Å²) in [6, 6.07) is 7.57. The van der Waals surface area contributed by atoms with Gasteiger partial charge in [-0.2, -0.15) is 0 Å². The van der Waals surface area contributed by atoms with Crippen LogP contribution in [0.3, 0.4) is 0 Å². The highest BCUT2D eigenvalue weighted by molar-refractivity contribution is 7.13. The molecular formula is C15H14ClN3OS. The molecular weight excluding hydrogens is 306 g/mol. The molecule has 108 valence electrons. The summed E-state index contributed by atoms with van der Waals surface area (Å²) in [6.07, 6.45) is 0. The minimum atomic E-state index is 0.677. The van der Waals surface area contributed by atoms with Gasteiger partial charge in [0, 0.05) is 28.4 Å². The third-order valence-electron chi connectivity index (χ3n) is 3.03. The van der Waals surface area contributed by atoms with Crippen molar-refractivity contribution in [3.63, 3.8) is 0 Å². The summed E-state index contributed by atoms with van der Waals surface area (Å²) in [5.41, 5.74) is 0.868. The van der Waals surface area contributed by atoms with Crippen molar-refractivity contribution in [3.8, 4) is 16.5 Å². The third kappa shape index (κ3) is 2.80. The second-order valence-electron chi connectivity index (χ2n) is 4.44. The lowest BCUT2D eigenvalue weighted by molar-refractivity contribution is 0.417. The Bertz CT molecular complexity index is 788. The molecule has 3 aromatic rings. The molecule has 0 spiro atoms. The van der Waals surface area contributed by atoms with E-state index in [4.69, 9.17) is 16.3 Å². The molecule has 0 aliphatic rings. The van der Waals surface area contributed by atoms with Crippen LogP contribution in [0.25, 0.3) is 21.6 Å². The topological polar surface area (TPSA) is 47.0 Å². The summed E-state index contributed by atoms with van der Waals surface area (Å²) in [6.45, 7) is 2.82. The van der Waals surface area contributed by atoms with E-state index in [1.807, 2.05) is 36.6 Å². The number of thiophene rings is 1. The fourth-order valence-corrected chi connectivity index (χ4v) is 3.02. The number of nitrogens with zero attached hydrogens (tertiary/aromatic N) is 2. The Morgan fingerprint density at radius 1 is 1.29 bits per heavy atom. The molecule has 4 nitrogen and oxygen atoms in total. The molecule has 3 rings (SSSR count). The van der Waals surface area contributed by atoms with Gasteiger partial charge in [0.15, 0.2) is 5.82 Å². The molecule has 0 amide bonds. The average Bonchev–Trinajstić information content (AvgIpc) is 2.97. The second-order valence-corrected chi connectivity index (χ2v) is 5.79. The molecule has 0 aliphatic carbocycles. The summed E-state index contributed by atoms with van der Waals surface area (Å²) >= 11 is 7.63. The molecule has 0 bridgehead atoms. The minimum Gasteiger partial charge on any atom is -0.496 e. The molecule has 6 heteroatoms. The molecule has 0 aliphatic heterocycles. The van der Waals surface area contributed by atoms with Gasteiger partial charge in [-0.25, -0.2) is 9.97 Å². The fraction of sp³-hybridized carbons (Fsp3) is 0.200. The molecule has 0 fully saturated rings. The van der Waals surface area contributed by atoms with Gasteiger partial charge in [-0.15, -0.1) is 11.3 Å². The highest BCUT2D eigenvalue weighted by Crippen LogP contribution is 2.32. The third-order valence-corrected chi connectivity index (χ3v) is 4.17. The van der Waals surface area contributed by atoms with Crippen LogP contribution in [-0.2, 0) is 0 Å². The summed E-state index contributed by atoms with van der Waals surface area (Å²) in [5, 5.41) is 6.82. The number of hydrogen-bond donors (Lipinski definition) is 1. The number of anilines is 1. The van der Waals surface area contributed by atoms with Gasteiger partial charge in [0.2, 0.25) is 0 Å². The minimum absolute atomic E-state index is 0.677. The zero-order valence-corrected chi connectivity index (χ0v) is 13.3. The maximum Gasteiger partial charge on any atom is 0.172 e. The summed E-state index contributed by atoms with van der Waals surface area (Å²) in [7, 11) is 1.65. The molecule has 0 unspecified atom stereocenters. The average molecular weight is 320 g/mol. The van der Waals surface area contributed by atoms with Crippen LogP contribution in [0.1, 0.15) is 6.92 Å². The van der Waals surface area contributed by atoms with Gasteiger partial charge in [-0.1, -0.05) is 11.6 Å². The van der Waals surface area contributed by atoms with E-state index in [1.165, 1.54) is 0 Å². The predicted molar refractivity (Wildman–Crippen MR) is 88.6 cm³/mol. The van der Waals surface area contributed by atoms with Crippen LogP contribution in [0.4, 0.5) is 5.82 Å². The number of rotatable bonds is 4. The van der Waals surface area contributed by atoms with E-state index in [0.29, 0.717) is 10.8 Å². The summed E-state index contributed by atoms with van der Waals surface area (Å²) in [4.78, 5) is 10.2. The Hall–Kier alpha value is -1.85. The first-order valence-electron chi connectivity index (χ1n) is 6.55. The van der Waals surface area contributed by atoms with E-state index in [2.05, 4.69) is 15.3 Å². The first-order valence-corrected chi connectivity index (χ1v) is 7.81. The number of nitrogens with one attached hydrogen (secondary N) is 1.